The van der Waals surface area contributed by atoms with Crippen molar-refractivity contribution in [3.63, 3.8) is 0 Å². The van der Waals surface area contributed by atoms with Crippen molar-refractivity contribution >= 4 is 51.1 Å². The average Bonchev–Trinajstić information content (AvgIpc) is 3.53. The van der Waals surface area contributed by atoms with Crippen molar-refractivity contribution in [3.8, 4) is 5.75 Å². The summed E-state index contributed by atoms with van der Waals surface area (Å²) in [6.45, 7) is 7.68. The summed E-state index contributed by atoms with van der Waals surface area (Å²) in [5.74, 6) is -0.262. The number of primary amides is 1. The number of hydrogen-bond donors (Lipinski definition) is 5. The Kier molecular flexibility index (Phi) is 7.63. The van der Waals surface area contributed by atoms with E-state index in [1.165, 1.54) is 6.34 Å². The number of halogens is 1. The van der Waals surface area contributed by atoms with Crippen LogP contribution in [0.25, 0.3) is 11.0 Å². The van der Waals surface area contributed by atoms with E-state index in [0.29, 0.717) is 17.7 Å². The smallest absolute Gasteiger partial charge is 0.254 e. The molecule has 2 aliphatic heterocycles. The largest absolute Gasteiger partial charge is 0.493 e. The third-order valence-electron chi connectivity index (χ3n) is 6.98. The van der Waals surface area contributed by atoms with E-state index < -0.39 is 23.4 Å². The Morgan fingerprint density at radius 3 is 2.84 bits per heavy atom. The molecule has 3 heterocycles. The van der Waals surface area contributed by atoms with Crippen LogP contribution in [0.3, 0.4) is 0 Å². The number of H-pyrrole nitrogens is 1. The molecule has 2 aromatic carbocycles. The SMILES string of the molecule is Cc1ccc(Br)cc1C1(C(N)=O)NC=NC1C(=O)Nc1nc2ccc(OCCCN3CCNCC3)cc2[nH]1. The van der Waals surface area contributed by atoms with E-state index in [2.05, 4.69) is 51.7 Å². The molecular weight excluding hydrogens is 552 g/mol. The second-order valence-electron chi connectivity index (χ2n) is 9.50. The van der Waals surface area contributed by atoms with Gasteiger partial charge in [-0.15, -0.1) is 0 Å². The highest BCUT2D eigenvalue weighted by Crippen LogP contribution is 2.34. The predicted molar refractivity (Wildman–Crippen MR) is 149 cm³/mol. The van der Waals surface area contributed by atoms with Gasteiger partial charge >= 0.3 is 0 Å². The van der Waals surface area contributed by atoms with E-state index in [-0.39, 0.29) is 5.95 Å². The Hall–Kier alpha value is -3.48. The standard InChI is InChI=1S/C26H31BrN8O3/c1-16-3-4-17(27)13-19(16)26(24(28)37)22(30-15-31-26)23(36)34-25-32-20-6-5-18(14-21(20)33-25)38-12-2-9-35-10-7-29-8-11-35/h3-6,13-15,22,29H,2,7-12H2,1H3,(H2,28,37)(H,30,31)(H2,32,33,34,36). The third kappa shape index (κ3) is 5.24. The number of ether oxygens (including phenoxy) is 1. The Balaban J connectivity index is 1.27. The molecule has 12 heteroatoms. The highest BCUT2D eigenvalue weighted by molar-refractivity contribution is 9.10. The number of aromatic amines is 1. The maximum absolute atomic E-state index is 13.4. The monoisotopic (exact) mass is 582 g/mol. The lowest BCUT2D eigenvalue weighted by molar-refractivity contribution is -0.129. The van der Waals surface area contributed by atoms with E-state index in [1.807, 2.05) is 37.3 Å². The molecule has 0 saturated carbocycles. The molecule has 3 aromatic rings. The zero-order valence-electron chi connectivity index (χ0n) is 21.1. The van der Waals surface area contributed by atoms with Crippen LogP contribution in [0.5, 0.6) is 5.75 Å². The van der Waals surface area contributed by atoms with E-state index in [1.54, 1.807) is 6.07 Å². The molecule has 1 saturated heterocycles. The number of nitrogens with one attached hydrogen (secondary N) is 4. The average molecular weight is 583 g/mol. The van der Waals surface area contributed by atoms with Gasteiger partial charge in [0.15, 0.2) is 11.6 Å². The van der Waals surface area contributed by atoms with E-state index >= 15 is 0 Å². The third-order valence-corrected chi connectivity index (χ3v) is 7.47. The van der Waals surface area contributed by atoms with Crippen molar-refractivity contribution in [3.05, 3.63) is 52.0 Å². The fraction of sp³-hybridized carbons (Fsp3) is 0.385. The number of nitrogens with zero attached hydrogens (tertiary/aromatic N) is 3. The topological polar surface area (TPSA) is 150 Å². The number of carbonyl (C=O) groups is 2. The van der Waals surface area contributed by atoms with Crippen molar-refractivity contribution < 1.29 is 14.3 Å². The van der Waals surface area contributed by atoms with Crippen LogP contribution >= 0.6 is 15.9 Å². The first-order chi connectivity index (χ1) is 18.4. The molecular formula is C26H31BrN8O3. The minimum atomic E-state index is -1.53. The summed E-state index contributed by atoms with van der Waals surface area (Å²) in [6, 6.07) is 9.90. The molecule has 1 aromatic heterocycles. The van der Waals surface area contributed by atoms with Gasteiger partial charge in [0, 0.05) is 43.3 Å². The van der Waals surface area contributed by atoms with Gasteiger partial charge < -0.3 is 31.0 Å². The summed E-state index contributed by atoms with van der Waals surface area (Å²) in [5.41, 5.74) is 7.08. The summed E-state index contributed by atoms with van der Waals surface area (Å²) in [5, 5.41) is 9.07. The highest BCUT2D eigenvalue weighted by atomic mass is 79.9. The van der Waals surface area contributed by atoms with Crippen LogP contribution in [-0.2, 0) is 15.1 Å². The summed E-state index contributed by atoms with van der Waals surface area (Å²) in [7, 11) is 0. The number of hydrogen-bond acceptors (Lipinski definition) is 8. The van der Waals surface area contributed by atoms with Crippen LogP contribution in [0, 0.1) is 6.92 Å². The summed E-state index contributed by atoms with van der Waals surface area (Å²) in [6.07, 6.45) is 2.29. The van der Waals surface area contributed by atoms with Crippen molar-refractivity contribution in [2.24, 2.45) is 10.7 Å². The molecule has 2 atom stereocenters. The van der Waals surface area contributed by atoms with Gasteiger partial charge in [-0.05, 0) is 48.7 Å². The van der Waals surface area contributed by atoms with Gasteiger partial charge in [0.05, 0.1) is 24.0 Å². The molecule has 0 spiro atoms. The molecule has 38 heavy (non-hydrogen) atoms. The number of imidazole rings is 1. The first-order valence-corrected chi connectivity index (χ1v) is 13.4. The van der Waals surface area contributed by atoms with Crippen LogP contribution in [-0.4, -0.2) is 78.4 Å². The molecule has 0 aliphatic carbocycles. The number of anilines is 1. The fourth-order valence-electron chi connectivity index (χ4n) is 4.99. The lowest BCUT2D eigenvalue weighted by Crippen LogP contribution is -2.59. The minimum Gasteiger partial charge on any atom is -0.493 e. The van der Waals surface area contributed by atoms with Crippen molar-refractivity contribution in [2.45, 2.75) is 24.9 Å². The lowest BCUT2D eigenvalue weighted by atomic mass is 9.80. The second-order valence-corrected chi connectivity index (χ2v) is 10.4. The first kappa shape index (κ1) is 26.1. The van der Waals surface area contributed by atoms with E-state index in [9.17, 15) is 9.59 Å². The number of fused-ring (bicyclic) bond motifs is 1. The van der Waals surface area contributed by atoms with Gasteiger partial charge in [-0.3, -0.25) is 19.9 Å². The van der Waals surface area contributed by atoms with Gasteiger partial charge in [0.25, 0.3) is 11.8 Å². The summed E-state index contributed by atoms with van der Waals surface area (Å²) >= 11 is 3.44. The van der Waals surface area contributed by atoms with Crippen LogP contribution in [0.15, 0.2) is 45.9 Å². The number of amides is 2. The molecule has 2 unspecified atom stereocenters. The number of carbonyl (C=O) groups excluding carboxylic acids is 2. The molecule has 11 nitrogen and oxygen atoms in total. The Labute approximate surface area is 228 Å². The Bertz CT molecular complexity index is 1370. The number of aromatic nitrogens is 2. The molecule has 2 amide bonds. The zero-order valence-corrected chi connectivity index (χ0v) is 22.7. The van der Waals surface area contributed by atoms with Gasteiger partial charge in [-0.1, -0.05) is 22.0 Å². The molecule has 2 aliphatic rings. The molecule has 1 fully saturated rings. The van der Waals surface area contributed by atoms with Gasteiger partial charge in [-0.2, -0.15) is 0 Å². The normalized spacial score (nSPS) is 21.4. The van der Waals surface area contributed by atoms with Crippen LogP contribution in [0.4, 0.5) is 5.95 Å². The van der Waals surface area contributed by atoms with Crippen LogP contribution in [0.1, 0.15) is 17.5 Å². The fourth-order valence-corrected chi connectivity index (χ4v) is 5.35. The molecule has 200 valence electrons. The lowest BCUT2D eigenvalue weighted by Gasteiger charge is -2.32. The van der Waals surface area contributed by atoms with E-state index in [0.717, 1.165) is 60.4 Å². The quantitative estimate of drug-likeness (QED) is 0.241. The van der Waals surface area contributed by atoms with Crippen molar-refractivity contribution in [2.75, 3.05) is 44.6 Å². The zero-order chi connectivity index (χ0) is 26.7. The number of piperazine rings is 1. The summed E-state index contributed by atoms with van der Waals surface area (Å²) < 4.78 is 6.70. The minimum absolute atomic E-state index is 0.243. The Morgan fingerprint density at radius 1 is 1.24 bits per heavy atom. The highest BCUT2D eigenvalue weighted by Gasteiger charge is 2.53. The Morgan fingerprint density at radius 2 is 2.05 bits per heavy atom. The maximum Gasteiger partial charge on any atom is 0.254 e. The van der Waals surface area contributed by atoms with Gasteiger partial charge in [-0.25, -0.2) is 4.98 Å². The van der Waals surface area contributed by atoms with Crippen molar-refractivity contribution in [1.82, 2.24) is 25.5 Å². The van der Waals surface area contributed by atoms with E-state index in [4.69, 9.17) is 10.5 Å². The van der Waals surface area contributed by atoms with Crippen LogP contribution in [0.2, 0.25) is 0 Å². The number of rotatable bonds is 9. The van der Waals surface area contributed by atoms with Crippen LogP contribution < -0.4 is 26.4 Å². The van der Waals surface area contributed by atoms with Crippen molar-refractivity contribution in [1.29, 1.82) is 0 Å². The summed E-state index contributed by atoms with van der Waals surface area (Å²) in [4.78, 5) is 40.4. The first-order valence-electron chi connectivity index (χ1n) is 12.6. The maximum atomic E-state index is 13.4. The number of aryl methyl sites for hydroxylation is 1. The molecule has 5 rings (SSSR count). The molecule has 0 radical (unpaired) electrons. The number of aliphatic imine (C=N–C) groups is 1. The van der Waals surface area contributed by atoms with Gasteiger partial charge in [0.2, 0.25) is 5.95 Å². The van der Waals surface area contributed by atoms with Gasteiger partial charge in [0.1, 0.15) is 5.75 Å². The predicted octanol–water partition coefficient (Wildman–Crippen LogP) is 1.63. The number of nitrogens with two attached hydrogens (primary N) is 1. The number of benzene rings is 2. The second kappa shape index (κ2) is 11.1. The molecule has 0 bridgehead atoms. The molecule has 6 N–H and O–H groups in total.